The summed E-state index contributed by atoms with van der Waals surface area (Å²) in [7, 11) is 0. The molecule has 31 heavy (non-hydrogen) atoms. The molecule has 2 aliphatic heterocycles. The number of alkyl halides is 3. The van der Waals surface area contributed by atoms with Gasteiger partial charge < -0.3 is 14.7 Å². The summed E-state index contributed by atoms with van der Waals surface area (Å²) in [5.41, 5.74) is -0.694. The number of benzene rings is 1. The second kappa shape index (κ2) is 8.33. The summed E-state index contributed by atoms with van der Waals surface area (Å²) in [4.78, 5) is 43.0. The number of piperazine rings is 1. The fourth-order valence-electron chi connectivity index (χ4n) is 3.92. The van der Waals surface area contributed by atoms with Gasteiger partial charge in [0.2, 0.25) is 11.8 Å². The molecule has 10 heteroatoms. The van der Waals surface area contributed by atoms with E-state index in [1.165, 1.54) is 28.4 Å². The average Bonchev–Trinajstić information content (AvgIpc) is 3.42. The number of rotatable bonds is 3. The molecule has 2 fully saturated rings. The van der Waals surface area contributed by atoms with Crippen molar-refractivity contribution in [2.45, 2.75) is 12.6 Å². The first-order chi connectivity index (χ1) is 14.7. The van der Waals surface area contributed by atoms with Gasteiger partial charge in [0.15, 0.2) is 0 Å². The summed E-state index contributed by atoms with van der Waals surface area (Å²) in [5, 5.41) is 1.83. The number of carbonyl (C=O) groups is 3. The number of amides is 3. The average molecular weight is 451 g/mol. The van der Waals surface area contributed by atoms with Gasteiger partial charge in [-0.1, -0.05) is 12.1 Å². The van der Waals surface area contributed by atoms with Gasteiger partial charge in [-0.3, -0.25) is 14.4 Å². The highest BCUT2D eigenvalue weighted by molar-refractivity contribution is 7.12. The van der Waals surface area contributed by atoms with Crippen LogP contribution in [0.25, 0.3) is 0 Å². The molecule has 4 rings (SSSR count). The van der Waals surface area contributed by atoms with E-state index >= 15 is 0 Å². The monoisotopic (exact) mass is 451 g/mol. The third-order valence-corrected chi connectivity index (χ3v) is 6.43. The van der Waals surface area contributed by atoms with Crippen LogP contribution in [0.2, 0.25) is 0 Å². The minimum Gasteiger partial charge on any atom is -0.339 e. The minimum atomic E-state index is -4.51. The maximum Gasteiger partial charge on any atom is 0.416 e. The van der Waals surface area contributed by atoms with Gasteiger partial charge >= 0.3 is 6.18 Å². The summed E-state index contributed by atoms with van der Waals surface area (Å²) in [5.74, 6) is -1.24. The van der Waals surface area contributed by atoms with Crippen LogP contribution >= 0.6 is 11.3 Å². The predicted molar refractivity (Wildman–Crippen MR) is 109 cm³/mol. The molecule has 0 N–H and O–H groups in total. The molecule has 1 aromatic heterocycles. The largest absolute Gasteiger partial charge is 0.416 e. The van der Waals surface area contributed by atoms with Crippen LogP contribution in [0.15, 0.2) is 41.8 Å². The van der Waals surface area contributed by atoms with Gasteiger partial charge in [-0.2, -0.15) is 13.2 Å². The summed E-state index contributed by atoms with van der Waals surface area (Å²) < 4.78 is 39.0. The van der Waals surface area contributed by atoms with Crippen molar-refractivity contribution in [2.75, 3.05) is 37.6 Å². The smallest absolute Gasteiger partial charge is 0.339 e. The molecule has 0 radical (unpaired) electrons. The maximum atomic E-state index is 13.0. The van der Waals surface area contributed by atoms with Crippen molar-refractivity contribution in [1.82, 2.24) is 9.80 Å². The van der Waals surface area contributed by atoms with Crippen molar-refractivity contribution < 1.29 is 27.6 Å². The van der Waals surface area contributed by atoms with Gasteiger partial charge in [0.1, 0.15) is 0 Å². The van der Waals surface area contributed by atoms with Crippen LogP contribution in [0.3, 0.4) is 0 Å². The van der Waals surface area contributed by atoms with Crippen molar-refractivity contribution in [3.05, 3.63) is 52.2 Å². The lowest BCUT2D eigenvalue weighted by Gasteiger charge is -2.35. The fraction of sp³-hybridized carbons (Fsp3) is 0.381. The van der Waals surface area contributed by atoms with Crippen molar-refractivity contribution in [2.24, 2.45) is 5.92 Å². The SMILES string of the molecule is O=C(c1cccs1)N1CCN(C(=O)C2CC(=O)N(c3cccc(C(F)(F)F)c3)C2)CC1. The first-order valence-corrected chi connectivity index (χ1v) is 10.7. The summed E-state index contributed by atoms with van der Waals surface area (Å²) in [6, 6.07) is 8.14. The number of carbonyl (C=O) groups excluding carboxylic acids is 3. The zero-order valence-electron chi connectivity index (χ0n) is 16.5. The second-order valence-corrected chi connectivity index (χ2v) is 8.50. The molecular weight excluding hydrogens is 431 g/mol. The van der Waals surface area contributed by atoms with Crippen LogP contribution in [-0.2, 0) is 15.8 Å². The van der Waals surface area contributed by atoms with Crippen molar-refractivity contribution in [1.29, 1.82) is 0 Å². The van der Waals surface area contributed by atoms with E-state index in [1.54, 1.807) is 15.9 Å². The van der Waals surface area contributed by atoms with Crippen LogP contribution < -0.4 is 4.90 Å². The van der Waals surface area contributed by atoms with E-state index in [9.17, 15) is 27.6 Å². The lowest BCUT2D eigenvalue weighted by atomic mass is 10.1. The molecule has 2 saturated heterocycles. The molecule has 1 atom stereocenters. The number of hydrogen-bond donors (Lipinski definition) is 0. The standard InChI is InChI=1S/C21H20F3N3O3S/c22-21(23,24)15-3-1-4-16(12-15)27-13-14(11-18(27)28)19(29)25-6-8-26(9-7-25)20(30)17-5-2-10-31-17/h1-5,10,12,14H,6-9,11,13H2. The van der Waals surface area contributed by atoms with Gasteiger partial charge in [-0.05, 0) is 29.6 Å². The highest BCUT2D eigenvalue weighted by Crippen LogP contribution is 2.33. The number of halogens is 3. The molecule has 0 aliphatic carbocycles. The quantitative estimate of drug-likeness (QED) is 0.721. The van der Waals surface area contributed by atoms with E-state index in [2.05, 4.69) is 0 Å². The molecule has 3 amide bonds. The van der Waals surface area contributed by atoms with Crippen LogP contribution in [0.5, 0.6) is 0 Å². The predicted octanol–water partition coefficient (Wildman–Crippen LogP) is 3.10. The summed E-state index contributed by atoms with van der Waals surface area (Å²) in [6.45, 7) is 1.59. The highest BCUT2D eigenvalue weighted by Gasteiger charge is 2.39. The van der Waals surface area contributed by atoms with Gasteiger partial charge in [-0.15, -0.1) is 11.3 Å². The highest BCUT2D eigenvalue weighted by atomic mass is 32.1. The number of thiophene rings is 1. The molecule has 0 bridgehead atoms. The van der Waals surface area contributed by atoms with Crippen molar-refractivity contribution in [3.8, 4) is 0 Å². The zero-order chi connectivity index (χ0) is 22.2. The van der Waals surface area contributed by atoms with Crippen molar-refractivity contribution >= 4 is 34.7 Å². The first-order valence-electron chi connectivity index (χ1n) is 9.83. The Bertz CT molecular complexity index is 985. The minimum absolute atomic E-state index is 0.0383. The summed E-state index contributed by atoms with van der Waals surface area (Å²) in [6.07, 6.45) is -4.54. The lowest BCUT2D eigenvalue weighted by Crippen LogP contribution is -2.52. The lowest BCUT2D eigenvalue weighted by molar-refractivity contribution is -0.138. The van der Waals surface area contributed by atoms with E-state index in [0.29, 0.717) is 31.1 Å². The van der Waals surface area contributed by atoms with E-state index in [0.717, 1.165) is 12.1 Å². The topological polar surface area (TPSA) is 60.9 Å². The Balaban J connectivity index is 1.37. The van der Waals surface area contributed by atoms with Crippen LogP contribution in [0.1, 0.15) is 21.7 Å². The van der Waals surface area contributed by atoms with Gasteiger partial charge in [0.05, 0.1) is 16.4 Å². The Morgan fingerprint density at radius 1 is 1.00 bits per heavy atom. The molecule has 2 aromatic rings. The Kier molecular flexibility index (Phi) is 5.74. The molecule has 3 heterocycles. The molecule has 164 valence electrons. The normalized spacial score (nSPS) is 19.8. The molecule has 0 saturated carbocycles. The number of nitrogens with zero attached hydrogens (tertiary/aromatic N) is 3. The molecule has 1 unspecified atom stereocenters. The number of hydrogen-bond acceptors (Lipinski definition) is 4. The Morgan fingerprint density at radius 2 is 1.71 bits per heavy atom. The third kappa shape index (κ3) is 4.43. The van der Waals surface area contributed by atoms with Crippen LogP contribution in [0.4, 0.5) is 18.9 Å². The Hall–Kier alpha value is -2.88. The molecule has 2 aliphatic rings. The van der Waals surface area contributed by atoms with E-state index < -0.39 is 17.7 Å². The van der Waals surface area contributed by atoms with Crippen LogP contribution in [-0.4, -0.2) is 60.2 Å². The molecule has 1 aromatic carbocycles. The fourth-order valence-corrected chi connectivity index (χ4v) is 4.61. The molecule has 0 spiro atoms. The van der Waals surface area contributed by atoms with E-state index in [-0.39, 0.29) is 36.4 Å². The van der Waals surface area contributed by atoms with Crippen molar-refractivity contribution in [3.63, 3.8) is 0 Å². The first kappa shape index (κ1) is 21.4. The van der Waals surface area contributed by atoms with Gasteiger partial charge in [-0.25, -0.2) is 0 Å². The zero-order valence-corrected chi connectivity index (χ0v) is 17.3. The van der Waals surface area contributed by atoms with E-state index in [4.69, 9.17) is 0 Å². The molecular formula is C21H20F3N3O3S. The van der Waals surface area contributed by atoms with E-state index in [1.807, 2.05) is 11.4 Å². The second-order valence-electron chi connectivity index (χ2n) is 7.55. The number of anilines is 1. The maximum absolute atomic E-state index is 13.0. The van der Waals surface area contributed by atoms with Gasteiger partial charge in [0, 0.05) is 44.8 Å². The Labute approximate surface area is 180 Å². The van der Waals surface area contributed by atoms with Gasteiger partial charge in [0.25, 0.3) is 5.91 Å². The summed E-state index contributed by atoms with van der Waals surface area (Å²) >= 11 is 1.37. The molecule has 6 nitrogen and oxygen atoms in total. The Morgan fingerprint density at radius 3 is 2.35 bits per heavy atom. The third-order valence-electron chi connectivity index (χ3n) is 5.57. The van der Waals surface area contributed by atoms with Crippen LogP contribution in [0, 0.1) is 5.92 Å².